The number of carboxylic acid groups (broad SMARTS) is 1. The van der Waals surface area contributed by atoms with Gasteiger partial charge in [-0.1, -0.05) is 0 Å². The van der Waals surface area contributed by atoms with Crippen LogP contribution in [0.1, 0.15) is 45.4 Å². The molecule has 0 spiro atoms. The largest absolute Gasteiger partial charge is 0.481 e. The third kappa shape index (κ3) is 2.91. The molecule has 3 rings (SSSR count). The molecule has 0 radical (unpaired) electrons. The summed E-state index contributed by atoms with van der Waals surface area (Å²) in [6, 6.07) is 0.404. The van der Waals surface area contributed by atoms with Gasteiger partial charge in [-0.3, -0.25) is 4.79 Å². The number of amides is 2. The van der Waals surface area contributed by atoms with Crippen molar-refractivity contribution in [3.63, 3.8) is 0 Å². The molecule has 1 aliphatic heterocycles. The van der Waals surface area contributed by atoms with Crippen LogP contribution in [0.3, 0.4) is 0 Å². The van der Waals surface area contributed by atoms with Gasteiger partial charge >= 0.3 is 12.0 Å². The van der Waals surface area contributed by atoms with E-state index in [0.717, 1.165) is 0 Å². The summed E-state index contributed by atoms with van der Waals surface area (Å²) in [5.41, 5.74) is 0. The number of nitrogens with zero attached hydrogens (tertiary/aromatic N) is 1. The molecular weight excluding hydrogens is 256 g/mol. The molecule has 5 heteroatoms. The second kappa shape index (κ2) is 5.26. The Balaban J connectivity index is 1.55. The minimum Gasteiger partial charge on any atom is -0.481 e. The fourth-order valence-corrected chi connectivity index (χ4v) is 3.45. The van der Waals surface area contributed by atoms with Crippen LogP contribution in [-0.2, 0) is 4.79 Å². The van der Waals surface area contributed by atoms with Gasteiger partial charge in [-0.2, -0.15) is 0 Å². The third-order valence-corrected chi connectivity index (χ3v) is 5.04. The van der Waals surface area contributed by atoms with Crippen LogP contribution in [0.15, 0.2) is 0 Å². The summed E-state index contributed by atoms with van der Waals surface area (Å²) in [5, 5.41) is 12.3. The maximum atomic E-state index is 12.4. The minimum atomic E-state index is -0.731. The van der Waals surface area contributed by atoms with Crippen LogP contribution >= 0.6 is 0 Å². The Labute approximate surface area is 119 Å². The van der Waals surface area contributed by atoms with Gasteiger partial charge in [0.1, 0.15) is 0 Å². The van der Waals surface area contributed by atoms with Crippen molar-refractivity contribution in [3.05, 3.63) is 0 Å². The monoisotopic (exact) mass is 280 g/mol. The lowest BCUT2D eigenvalue weighted by molar-refractivity contribution is -0.143. The highest BCUT2D eigenvalue weighted by atomic mass is 16.4. The number of carbonyl (C=O) groups is 2. The predicted molar refractivity (Wildman–Crippen MR) is 74.3 cm³/mol. The number of carbonyl (C=O) groups excluding carboxylic acids is 1. The van der Waals surface area contributed by atoms with Crippen molar-refractivity contribution in [2.24, 2.45) is 17.8 Å². The predicted octanol–water partition coefficient (Wildman–Crippen LogP) is 2.07. The normalized spacial score (nSPS) is 30.4. The first kappa shape index (κ1) is 13.7. The lowest BCUT2D eigenvalue weighted by Gasteiger charge is -2.37. The molecule has 0 aromatic rings. The lowest BCUT2D eigenvalue weighted by atomic mass is 9.92. The topological polar surface area (TPSA) is 69.6 Å². The van der Waals surface area contributed by atoms with Crippen LogP contribution in [0.5, 0.6) is 0 Å². The van der Waals surface area contributed by atoms with Gasteiger partial charge in [0.05, 0.1) is 5.92 Å². The van der Waals surface area contributed by atoms with Crippen molar-refractivity contribution < 1.29 is 14.7 Å². The number of rotatable bonds is 4. The highest BCUT2D eigenvalue weighted by Crippen LogP contribution is 2.44. The molecular formula is C15H24N2O3. The molecule has 2 unspecified atom stereocenters. The van der Waals surface area contributed by atoms with Gasteiger partial charge < -0.3 is 15.3 Å². The van der Waals surface area contributed by atoms with Gasteiger partial charge in [0.15, 0.2) is 0 Å². The molecule has 1 heterocycles. The van der Waals surface area contributed by atoms with Crippen LogP contribution in [-0.4, -0.2) is 40.6 Å². The fourth-order valence-electron chi connectivity index (χ4n) is 3.45. The minimum absolute atomic E-state index is 0.0175. The summed E-state index contributed by atoms with van der Waals surface area (Å²) in [7, 11) is 0. The Morgan fingerprint density at radius 2 is 1.75 bits per heavy atom. The van der Waals surface area contributed by atoms with E-state index in [9.17, 15) is 9.59 Å². The summed E-state index contributed by atoms with van der Waals surface area (Å²) in [6.45, 7) is 2.52. The first-order valence-electron chi connectivity index (χ1n) is 7.86. The lowest BCUT2D eigenvalue weighted by Crippen LogP contribution is -2.53. The summed E-state index contributed by atoms with van der Waals surface area (Å²) < 4.78 is 0. The summed E-state index contributed by atoms with van der Waals surface area (Å²) in [4.78, 5) is 25.3. The van der Waals surface area contributed by atoms with E-state index >= 15 is 0 Å². The van der Waals surface area contributed by atoms with E-state index in [1.54, 1.807) is 0 Å². The Morgan fingerprint density at radius 3 is 2.20 bits per heavy atom. The maximum absolute atomic E-state index is 12.4. The van der Waals surface area contributed by atoms with Crippen LogP contribution in [0, 0.1) is 17.8 Å². The van der Waals surface area contributed by atoms with E-state index < -0.39 is 5.97 Å². The molecule has 112 valence electrons. The fraction of sp³-hybridized carbons (Fsp3) is 0.867. The SMILES string of the molecule is CC1CC(C(=O)O)CCN1C(=O)NC(C1CC1)C1CC1. The molecule has 3 aliphatic rings. The van der Waals surface area contributed by atoms with E-state index in [1.165, 1.54) is 25.7 Å². The van der Waals surface area contributed by atoms with Crippen molar-refractivity contribution >= 4 is 12.0 Å². The van der Waals surface area contributed by atoms with E-state index in [4.69, 9.17) is 5.11 Å². The van der Waals surface area contributed by atoms with Crippen molar-refractivity contribution in [1.29, 1.82) is 0 Å². The highest BCUT2D eigenvalue weighted by Gasteiger charge is 2.43. The number of hydrogen-bond donors (Lipinski definition) is 2. The number of hydrogen-bond acceptors (Lipinski definition) is 2. The quantitative estimate of drug-likeness (QED) is 0.828. The van der Waals surface area contributed by atoms with E-state index in [2.05, 4.69) is 5.32 Å². The van der Waals surface area contributed by atoms with Crippen molar-refractivity contribution in [2.45, 2.75) is 57.5 Å². The van der Waals surface area contributed by atoms with Crippen molar-refractivity contribution in [1.82, 2.24) is 10.2 Å². The van der Waals surface area contributed by atoms with Gasteiger partial charge in [0.2, 0.25) is 0 Å². The zero-order chi connectivity index (χ0) is 14.3. The highest BCUT2D eigenvalue weighted by molar-refractivity contribution is 5.76. The maximum Gasteiger partial charge on any atom is 0.317 e. The first-order chi connectivity index (χ1) is 9.56. The molecule has 20 heavy (non-hydrogen) atoms. The molecule has 5 nitrogen and oxygen atoms in total. The number of aliphatic carboxylic acids is 1. The van der Waals surface area contributed by atoms with Gasteiger partial charge in [-0.25, -0.2) is 4.79 Å². The first-order valence-corrected chi connectivity index (χ1v) is 7.86. The molecule has 2 atom stereocenters. The standard InChI is InChI=1S/C15H24N2O3/c1-9-8-12(14(18)19)6-7-17(9)15(20)16-13(10-2-3-10)11-4-5-11/h9-13H,2-8H2,1H3,(H,16,20)(H,18,19). The molecule has 2 N–H and O–H groups in total. The van der Waals surface area contributed by atoms with E-state index in [0.29, 0.717) is 37.3 Å². The second-order valence-corrected chi connectivity index (χ2v) is 6.75. The average Bonchev–Trinajstić information content (AvgIpc) is 3.28. The molecule has 2 aliphatic carbocycles. The Bertz CT molecular complexity index is 392. The Morgan fingerprint density at radius 1 is 1.15 bits per heavy atom. The molecule has 0 aromatic carbocycles. The molecule has 2 saturated carbocycles. The van der Waals surface area contributed by atoms with Gasteiger partial charge in [0, 0.05) is 18.6 Å². The zero-order valence-corrected chi connectivity index (χ0v) is 12.0. The van der Waals surface area contributed by atoms with Gasteiger partial charge in [0.25, 0.3) is 0 Å². The molecule has 2 amide bonds. The van der Waals surface area contributed by atoms with Crippen LogP contribution < -0.4 is 5.32 Å². The molecule has 1 saturated heterocycles. The number of likely N-dealkylation sites (tertiary alicyclic amines) is 1. The smallest absolute Gasteiger partial charge is 0.317 e. The van der Waals surface area contributed by atoms with Crippen LogP contribution in [0.2, 0.25) is 0 Å². The average molecular weight is 280 g/mol. The Kier molecular flexibility index (Phi) is 3.61. The number of carboxylic acids is 1. The third-order valence-electron chi connectivity index (χ3n) is 5.04. The zero-order valence-electron chi connectivity index (χ0n) is 12.0. The van der Waals surface area contributed by atoms with Crippen molar-refractivity contribution in [2.75, 3.05) is 6.54 Å². The second-order valence-electron chi connectivity index (χ2n) is 6.75. The summed E-state index contributed by atoms with van der Waals surface area (Å²) in [5.74, 6) is 0.360. The van der Waals surface area contributed by atoms with Gasteiger partial charge in [-0.15, -0.1) is 0 Å². The molecule has 3 fully saturated rings. The van der Waals surface area contributed by atoms with E-state index in [1.807, 2.05) is 11.8 Å². The number of piperidine rings is 1. The summed E-state index contributed by atoms with van der Waals surface area (Å²) >= 11 is 0. The molecule has 0 aromatic heterocycles. The summed E-state index contributed by atoms with van der Waals surface area (Å²) in [6.07, 6.45) is 6.14. The van der Waals surface area contributed by atoms with Gasteiger partial charge in [-0.05, 0) is 57.3 Å². The Hall–Kier alpha value is -1.26. The number of nitrogens with one attached hydrogen (secondary N) is 1. The van der Waals surface area contributed by atoms with E-state index in [-0.39, 0.29) is 18.0 Å². The molecule has 0 bridgehead atoms. The van der Waals surface area contributed by atoms with Crippen LogP contribution in [0.25, 0.3) is 0 Å². The van der Waals surface area contributed by atoms with Crippen molar-refractivity contribution in [3.8, 4) is 0 Å². The number of urea groups is 1. The van der Waals surface area contributed by atoms with Crippen LogP contribution in [0.4, 0.5) is 4.79 Å².